The molecule has 206 valence electrons. The highest BCUT2D eigenvalue weighted by Crippen LogP contribution is 2.67. The summed E-state index contributed by atoms with van der Waals surface area (Å²) in [5.74, 6) is 2.36. The lowest BCUT2D eigenvalue weighted by Crippen LogP contribution is -2.58. The van der Waals surface area contributed by atoms with Gasteiger partial charge >= 0.3 is 5.97 Å². The lowest BCUT2D eigenvalue weighted by Gasteiger charge is -2.62. The SMILES string of the molecule is CC(=O)C12CC3CC(C1)CC(C(=O)OCCOCCO[C@H](O)C14CC5CC(CC(C(C)=O)(C5)C1)C4)(C3)C2. The van der Waals surface area contributed by atoms with Gasteiger partial charge in [-0.1, -0.05) is 0 Å². The number of aliphatic hydroxyl groups is 1. The number of ketones is 2. The predicted octanol–water partition coefficient (Wildman–Crippen LogP) is 4.23. The second-order valence-electron chi connectivity index (χ2n) is 14.2. The Kier molecular flexibility index (Phi) is 6.40. The van der Waals surface area contributed by atoms with Crippen LogP contribution in [0.25, 0.3) is 0 Å². The van der Waals surface area contributed by atoms with E-state index in [0.29, 0.717) is 36.7 Å². The summed E-state index contributed by atoms with van der Waals surface area (Å²) in [6, 6.07) is 0. The minimum Gasteiger partial charge on any atom is -0.463 e. The van der Waals surface area contributed by atoms with Crippen LogP contribution in [0.4, 0.5) is 0 Å². The van der Waals surface area contributed by atoms with Crippen LogP contribution in [0.5, 0.6) is 0 Å². The average molecular weight is 517 g/mol. The van der Waals surface area contributed by atoms with E-state index in [9.17, 15) is 19.5 Å². The highest BCUT2D eigenvalue weighted by Gasteiger charge is 2.63. The molecule has 0 aromatic carbocycles. The molecule has 0 amide bonds. The Morgan fingerprint density at radius 1 is 0.703 bits per heavy atom. The first-order chi connectivity index (χ1) is 17.6. The molecule has 1 N–H and O–H groups in total. The van der Waals surface area contributed by atoms with Crippen LogP contribution in [0.3, 0.4) is 0 Å². The molecular formula is C30H44O7. The van der Waals surface area contributed by atoms with Crippen molar-refractivity contribution in [1.29, 1.82) is 0 Å². The minimum absolute atomic E-state index is 0.149. The van der Waals surface area contributed by atoms with Crippen LogP contribution in [0, 0.1) is 45.3 Å². The minimum atomic E-state index is -0.872. The largest absolute Gasteiger partial charge is 0.463 e. The molecule has 8 bridgehead atoms. The maximum Gasteiger partial charge on any atom is 0.312 e. The molecular weight excluding hydrogens is 472 g/mol. The highest BCUT2D eigenvalue weighted by molar-refractivity contribution is 5.86. The van der Waals surface area contributed by atoms with Gasteiger partial charge in [-0.15, -0.1) is 0 Å². The zero-order valence-electron chi connectivity index (χ0n) is 22.6. The van der Waals surface area contributed by atoms with Crippen molar-refractivity contribution < 1.29 is 33.7 Å². The topological polar surface area (TPSA) is 99.1 Å². The summed E-state index contributed by atoms with van der Waals surface area (Å²) in [5.41, 5.74) is -1.35. The summed E-state index contributed by atoms with van der Waals surface area (Å²) in [7, 11) is 0. The van der Waals surface area contributed by atoms with E-state index in [1.165, 1.54) is 6.42 Å². The Hall–Kier alpha value is -1.31. The highest BCUT2D eigenvalue weighted by atomic mass is 16.6. The van der Waals surface area contributed by atoms with Gasteiger partial charge in [-0.05, 0) is 115 Å². The van der Waals surface area contributed by atoms with E-state index in [0.717, 1.165) is 64.2 Å². The molecule has 0 aliphatic heterocycles. The number of esters is 1. The average Bonchev–Trinajstić information content (AvgIpc) is 2.81. The summed E-state index contributed by atoms with van der Waals surface area (Å²) >= 11 is 0. The molecule has 8 aliphatic rings. The lowest BCUT2D eigenvalue weighted by molar-refractivity contribution is -0.244. The number of hydrogen-bond donors (Lipinski definition) is 1. The quantitative estimate of drug-likeness (QED) is 0.249. The van der Waals surface area contributed by atoms with Crippen LogP contribution in [0.1, 0.15) is 90.9 Å². The van der Waals surface area contributed by atoms with Crippen molar-refractivity contribution >= 4 is 17.5 Å². The van der Waals surface area contributed by atoms with Gasteiger partial charge in [0.15, 0.2) is 6.29 Å². The molecule has 4 unspecified atom stereocenters. The number of carbonyl (C=O) groups is 3. The van der Waals surface area contributed by atoms with Crippen LogP contribution >= 0.6 is 0 Å². The Morgan fingerprint density at radius 2 is 1.19 bits per heavy atom. The third-order valence-electron chi connectivity index (χ3n) is 11.6. The molecule has 7 nitrogen and oxygen atoms in total. The van der Waals surface area contributed by atoms with Gasteiger partial charge in [-0.3, -0.25) is 14.4 Å². The van der Waals surface area contributed by atoms with Crippen molar-refractivity contribution in [3.63, 3.8) is 0 Å². The second-order valence-corrected chi connectivity index (χ2v) is 14.2. The van der Waals surface area contributed by atoms with Crippen molar-refractivity contribution in [3.05, 3.63) is 0 Å². The fraction of sp³-hybridized carbons (Fsp3) is 0.900. The first-order valence-electron chi connectivity index (χ1n) is 14.6. The van der Waals surface area contributed by atoms with Gasteiger partial charge in [-0.2, -0.15) is 0 Å². The van der Waals surface area contributed by atoms with Gasteiger partial charge in [-0.25, -0.2) is 0 Å². The molecule has 8 fully saturated rings. The van der Waals surface area contributed by atoms with Gasteiger partial charge in [0.05, 0.1) is 25.2 Å². The maximum atomic E-state index is 13.1. The molecule has 8 rings (SSSR count). The Balaban J connectivity index is 0.935. The summed E-state index contributed by atoms with van der Waals surface area (Å²) in [4.78, 5) is 38.1. The van der Waals surface area contributed by atoms with Crippen LogP contribution in [0.15, 0.2) is 0 Å². The van der Waals surface area contributed by atoms with E-state index < -0.39 is 11.7 Å². The summed E-state index contributed by atoms with van der Waals surface area (Å²) in [6.45, 7) is 4.49. The zero-order valence-corrected chi connectivity index (χ0v) is 22.6. The van der Waals surface area contributed by atoms with E-state index >= 15 is 0 Å². The molecule has 0 radical (unpaired) electrons. The van der Waals surface area contributed by atoms with Gasteiger partial charge in [0.1, 0.15) is 18.2 Å². The van der Waals surface area contributed by atoms with Gasteiger partial charge in [0, 0.05) is 16.2 Å². The van der Waals surface area contributed by atoms with Crippen molar-refractivity contribution in [1.82, 2.24) is 0 Å². The standard InChI is InChI=1S/C30H44O7/c1-19(31)27-9-21-7-22(10-27)14-29(13-21,17-27)25(33)36-5-3-35-4-6-37-26(34)30-15-23-8-24(16-30)12-28(11-23,18-30)20(2)32/h21-25,33H,3-18H2,1-2H3/t21?,22?,23?,24?,25-,27?,28?,29?,30?/m0/s1. The lowest BCUT2D eigenvalue weighted by atomic mass is 9.43. The molecule has 0 saturated heterocycles. The van der Waals surface area contributed by atoms with Crippen molar-refractivity contribution in [2.75, 3.05) is 26.4 Å². The molecule has 37 heavy (non-hydrogen) atoms. The van der Waals surface area contributed by atoms with E-state index in [4.69, 9.17) is 14.2 Å². The molecule has 0 aromatic heterocycles. The number of hydrogen-bond acceptors (Lipinski definition) is 7. The first-order valence-corrected chi connectivity index (χ1v) is 14.6. The number of ether oxygens (including phenoxy) is 3. The number of rotatable bonds is 11. The van der Waals surface area contributed by atoms with Gasteiger partial charge in [0.2, 0.25) is 0 Å². The van der Waals surface area contributed by atoms with Crippen LogP contribution in [-0.2, 0) is 28.6 Å². The molecule has 8 saturated carbocycles. The van der Waals surface area contributed by atoms with Crippen molar-refractivity contribution in [2.45, 2.75) is 97.2 Å². The fourth-order valence-corrected chi connectivity index (χ4v) is 10.8. The molecule has 0 spiro atoms. The molecule has 8 aliphatic carbocycles. The van der Waals surface area contributed by atoms with Crippen molar-refractivity contribution in [2.24, 2.45) is 45.3 Å². The van der Waals surface area contributed by atoms with E-state index in [-0.39, 0.29) is 53.6 Å². The Morgan fingerprint density at radius 3 is 1.76 bits per heavy atom. The van der Waals surface area contributed by atoms with Gasteiger partial charge < -0.3 is 19.3 Å². The number of carbonyl (C=O) groups excluding carboxylic acids is 3. The van der Waals surface area contributed by atoms with Crippen LogP contribution in [0.2, 0.25) is 0 Å². The molecule has 0 heterocycles. The normalized spacial score (nSPS) is 45.7. The third-order valence-corrected chi connectivity index (χ3v) is 11.6. The summed E-state index contributed by atoms with van der Waals surface area (Å²) in [5, 5.41) is 11.0. The summed E-state index contributed by atoms with van der Waals surface area (Å²) < 4.78 is 17.2. The molecule has 5 atom stereocenters. The summed E-state index contributed by atoms with van der Waals surface area (Å²) in [6.07, 6.45) is 10.3. The number of Topliss-reactive ketones (excluding diaryl/α,β-unsaturated/α-hetero) is 2. The maximum absolute atomic E-state index is 13.1. The number of aliphatic hydroxyl groups excluding tert-OH is 1. The van der Waals surface area contributed by atoms with Crippen LogP contribution in [-0.4, -0.2) is 55.4 Å². The van der Waals surface area contributed by atoms with Crippen LogP contribution < -0.4 is 0 Å². The smallest absolute Gasteiger partial charge is 0.312 e. The van der Waals surface area contributed by atoms with E-state index in [2.05, 4.69) is 0 Å². The molecule has 7 heteroatoms. The third kappa shape index (κ3) is 4.31. The Bertz CT molecular complexity index is 928. The van der Waals surface area contributed by atoms with Crippen molar-refractivity contribution in [3.8, 4) is 0 Å². The zero-order chi connectivity index (χ0) is 26.1. The Labute approximate surface area is 220 Å². The molecule has 0 aromatic rings. The predicted molar refractivity (Wildman–Crippen MR) is 134 cm³/mol. The second kappa shape index (κ2) is 9.12. The monoisotopic (exact) mass is 516 g/mol. The first kappa shape index (κ1) is 25.9. The van der Waals surface area contributed by atoms with E-state index in [1.54, 1.807) is 13.8 Å². The van der Waals surface area contributed by atoms with E-state index in [1.807, 2.05) is 0 Å². The fourth-order valence-electron chi connectivity index (χ4n) is 10.8. The van der Waals surface area contributed by atoms with Gasteiger partial charge in [0.25, 0.3) is 0 Å².